The molecule has 0 radical (unpaired) electrons. The predicted octanol–water partition coefficient (Wildman–Crippen LogP) is 1.89. The molecule has 1 fully saturated rings. The van der Waals surface area contributed by atoms with E-state index in [0.717, 1.165) is 25.8 Å². The van der Waals surface area contributed by atoms with E-state index in [0.29, 0.717) is 11.7 Å². The number of hydrogen-bond donors (Lipinski definition) is 1. The molecule has 1 heterocycles. The highest BCUT2D eigenvalue weighted by Gasteiger charge is 2.29. The third-order valence-electron chi connectivity index (χ3n) is 3.18. The smallest absolute Gasteiger partial charge is 0.223 e. The van der Waals surface area contributed by atoms with Crippen LogP contribution in [-0.2, 0) is 4.79 Å². The molecular formula is C12H23NO2S. The Morgan fingerprint density at radius 3 is 2.81 bits per heavy atom. The third kappa shape index (κ3) is 3.98. The van der Waals surface area contributed by atoms with Crippen LogP contribution in [0.5, 0.6) is 0 Å². The summed E-state index contributed by atoms with van der Waals surface area (Å²) < 4.78 is 0. The Morgan fingerprint density at radius 1 is 1.56 bits per heavy atom. The van der Waals surface area contributed by atoms with Gasteiger partial charge in [-0.1, -0.05) is 6.92 Å². The summed E-state index contributed by atoms with van der Waals surface area (Å²) in [6.45, 7) is 4.76. The number of aliphatic hydroxyl groups excluding tert-OH is 1. The Hall–Kier alpha value is -0.220. The summed E-state index contributed by atoms with van der Waals surface area (Å²) in [4.78, 5) is 14.0. The zero-order valence-corrected chi connectivity index (χ0v) is 11.3. The number of amides is 1. The minimum absolute atomic E-state index is 0.255. The molecule has 4 heteroatoms. The van der Waals surface area contributed by atoms with Gasteiger partial charge in [0.2, 0.25) is 5.91 Å². The van der Waals surface area contributed by atoms with Crippen molar-refractivity contribution in [1.29, 1.82) is 0 Å². The first kappa shape index (κ1) is 13.8. The number of thioether (sulfide) groups is 1. The van der Waals surface area contributed by atoms with Gasteiger partial charge in [-0.05, 0) is 32.4 Å². The molecule has 0 aromatic heterocycles. The molecule has 94 valence electrons. The summed E-state index contributed by atoms with van der Waals surface area (Å²) >= 11 is 1.73. The van der Waals surface area contributed by atoms with Crippen molar-refractivity contribution in [2.45, 2.75) is 56.9 Å². The molecule has 1 saturated heterocycles. The Labute approximate surface area is 103 Å². The van der Waals surface area contributed by atoms with Gasteiger partial charge in [-0.15, -0.1) is 0 Å². The van der Waals surface area contributed by atoms with Gasteiger partial charge >= 0.3 is 0 Å². The first-order chi connectivity index (χ1) is 7.54. The van der Waals surface area contributed by atoms with E-state index in [-0.39, 0.29) is 18.1 Å². The van der Waals surface area contributed by atoms with Crippen molar-refractivity contribution in [2.75, 3.05) is 12.8 Å². The molecule has 3 unspecified atom stereocenters. The van der Waals surface area contributed by atoms with Crippen LogP contribution in [0.1, 0.15) is 39.5 Å². The maximum Gasteiger partial charge on any atom is 0.223 e. The second kappa shape index (κ2) is 6.50. The maximum atomic E-state index is 12.0. The average Bonchev–Trinajstić information content (AvgIpc) is 2.64. The maximum absolute atomic E-state index is 12.0. The van der Waals surface area contributed by atoms with Gasteiger partial charge in [0, 0.05) is 24.3 Å². The number of nitrogens with zero attached hydrogens (tertiary/aromatic N) is 1. The van der Waals surface area contributed by atoms with Gasteiger partial charge in [0.15, 0.2) is 0 Å². The van der Waals surface area contributed by atoms with Gasteiger partial charge in [-0.2, -0.15) is 11.8 Å². The van der Waals surface area contributed by atoms with Crippen molar-refractivity contribution in [3.8, 4) is 0 Å². The summed E-state index contributed by atoms with van der Waals surface area (Å²) in [6, 6.07) is 0.265. The molecule has 0 bridgehead atoms. The SMILES string of the molecule is CSC(C)CC(=O)N1CCCC1CC(C)O. The molecule has 1 rings (SSSR count). The molecule has 0 aromatic rings. The zero-order valence-electron chi connectivity index (χ0n) is 10.5. The van der Waals surface area contributed by atoms with E-state index in [9.17, 15) is 9.90 Å². The Morgan fingerprint density at radius 2 is 2.25 bits per heavy atom. The van der Waals surface area contributed by atoms with Crippen molar-refractivity contribution < 1.29 is 9.90 Å². The quantitative estimate of drug-likeness (QED) is 0.804. The Bertz CT molecular complexity index is 233. The van der Waals surface area contributed by atoms with E-state index in [1.807, 2.05) is 11.2 Å². The molecule has 1 aliphatic rings. The average molecular weight is 245 g/mol. The van der Waals surface area contributed by atoms with E-state index in [4.69, 9.17) is 0 Å². The van der Waals surface area contributed by atoms with Crippen LogP contribution in [0.15, 0.2) is 0 Å². The molecule has 0 saturated carbocycles. The van der Waals surface area contributed by atoms with Crippen molar-refractivity contribution in [1.82, 2.24) is 4.90 Å². The molecule has 1 amide bonds. The Kier molecular flexibility index (Phi) is 5.62. The fraction of sp³-hybridized carbons (Fsp3) is 0.917. The van der Waals surface area contributed by atoms with Gasteiger partial charge in [0.25, 0.3) is 0 Å². The second-order valence-corrected chi connectivity index (χ2v) is 5.99. The van der Waals surface area contributed by atoms with Gasteiger partial charge < -0.3 is 10.0 Å². The predicted molar refractivity (Wildman–Crippen MR) is 68.6 cm³/mol. The highest BCUT2D eigenvalue weighted by Crippen LogP contribution is 2.23. The summed E-state index contributed by atoms with van der Waals surface area (Å²) in [5, 5.41) is 9.79. The highest BCUT2D eigenvalue weighted by atomic mass is 32.2. The van der Waals surface area contributed by atoms with Crippen LogP contribution in [0.25, 0.3) is 0 Å². The first-order valence-electron chi connectivity index (χ1n) is 6.05. The van der Waals surface area contributed by atoms with Crippen molar-refractivity contribution in [2.24, 2.45) is 0 Å². The van der Waals surface area contributed by atoms with E-state index < -0.39 is 0 Å². The molecule has 3 atom stereocenters. The van der Waals surface area contributed by atoms with Gasteiger partial charge in [0.05, 0.1) is 6.10 Å². The van der Waals surface area contributed by atoms with E-state index >= 15 is 0 Å². The van der Waals surface area contributed by atoms with Crippen molar-refractivity contribution >= 4 is 17.7 Å². The van der Waals surface area contributed by atoms with E-state index in [1.54, 1.807) is 18.7 Å². The monoisotopic (exact) mass is 245 g/mol. The van der Waals surface area contributed by atoms with Crippen molar-refractivity contribution in [3.05, 3.63) is 0 Å². The number of carbonyl (C=O) groups excluding carboxylic acids is 1. The molecule has 1 N–H and O–H groups in total. The molecular weight excluding hydrogens is 222 g/mol. The number of carbonyl (C=O) groups is 1. The lowest BCUT2D eigenvalue weighted by molar-refractivity contribution is -0.132. The van der Waals surface area contributed by atoms with E-state index in [1.165, 1.54) is 0 Å². The van der Waals surface area contributed by atoms with Crippen molar-refractivity contribution in [3.63, 3.8) is 0 Å². The largest absolute Gasteiger partial charge is 0.393 e. The standard InChI is InChI=1S/C12H23NO2S/c1-9(14)7-11-5-4-6-13(11)12(15)8-10(2)16-3/h9-11,14H,4-8H2,1-3H3. The van der Waals surface area contributed by atoms with Crippen LogP contribution in [-0.4, -0.2) is 46.1 Å². The second-order valence-electron chi connectivity index (χ2n) is 4.72. The number of likely N-dealkylation sites (tertiary alicyclic amines) is 1. The number of hydrogen-bond acceptors (Lipinski definition) is 3. The Balaban J connectivity index is 2.47. The first-order valence-corrected chi connectivity index (χ1v) is 7.33. The molecule has 16 heavy (non-hydrogen) atoms. The summed E-state index contributed by atoms with van der Waals surface area (Å²) in [6.07, 6.45) is 5.20. The minimum Gasteiger partial charge on any atom is -0.393 e. The van der Waals surface area contributed by atoms with Gasteiger partial charge in [-0.3, -0.25) is 4.79 Å². The molecule has 3 nitrogen and oxygen atoms in total. The normalized spacial score (nSPS) is 24.5. The van der Waals surface area contributed by atoms with Crippen LogP contribution >= 0.6 is 11.8 Å². The highest BCUT2D eigenvalue weighted by molar-refractivity contribution is 7.99. The lowest BCUT2D eigenvalue weighted by Gasteiger charge is -2.26. The molecule has 0 spiro atoms. The number of rotatable bonds is 5. The topological polar surface area (TPSA) is 40.5 Å². The van der Waals surface area contributed by atoms with Crippen LogP contribution < -0.4 is 0 Å². The van der Waals surface area contributed by atoms with Crippen LogP contribution in [0.2, 0.25) is 0 Å². The minimum atomic E-state index is -0.309. The summed E-state index contributed by atoms with van der Waals surface area (Å²) in [7, 11) is 0. The molecule has 1 aliphatic heterocycles. The number of aliphatic hydroxyl groups is 1. The van der Waals surface area contributed by atoms with E-state index in [2.05, 4.69) is 6.92 Å². The third-order valence-corrected chi connectivity index (χ3v) is 4.15. The molecule has 0 aliphatic carbocycles. The molecule has 0 aromatic carbocycles. The summed E-state index contributed by atoms with van der Waals surface area (Å²) in [5.74, 6) is 0.255. The van der Waals surface area contributed by atoms with Crippen LogP contribution in [0, 0.1) is 0 Å². The fourth-order valence-electron chi connectivity index (χ4n) is 2.25. The fourth-order valence-corrected chi connectivity index (χ4v) is 2.56. The lowest BCUT2D eigenvalue weighted by Crippen LogP contribution is -2.38. The zero-order chi connectivity index (χ0) is 12.1. The summed E-state index contributed by atoms with van der Waals surface area (Å²) in [5.41, 5.74) is 0. The van der Waals surface area contributed by atoms with Gasteiger partial charge in [0.1, 0.15) is 0 Å². The van der Waals surface area contributed by atoms with Gasteiger partial charge in [-0.25, -0.2) is 0 Å². The van der Waals surface area contributed by atoms with Crippen LogP contribution in [0.3, 0.4) is 0 Å². The van der Waals surface area contributed by atoms with Crippen LogP contribution in [0.4, 0.5) is 0 Å². The lowest BCUT2D eigenvalue weighted by atomic mass is 10.1.